The smallest absolute Gasteiger partial charge is 0.180 e. The highest BCUT2D eigenvalue weighted by molar-refractivity contribution is 8.16. The molecule has 5 nitrogen and oxygen atoms in total. The van der Waals surface area contributed by atoms with Gasteiger partial charge in [-0.1, -0.05) is 23.9 Å². The summed E-state index contributed by atoms with van der Waals surface area (Å²) in [7, 11) is 0. The number of hydrogen-bond acceptors (Lipinski definition) is 7. The molecule has 2 atom stereocenters. The maximum atomic E-state index is 6.43. The van der Waals surface area contributed by atoms with Gasteiger partial charge in [0, 0.05) is 10.5 Å². The van der Waals surface area contributed by atoms with Crippen LogP contribution in [0.4, 0.5) is 0 Å². The third kappa shape index (κ3) is 2.12. The second-order valence-electron chi connectivity index (χ2n) is 4.16. The van der Waals surface area contributed by atoms with E-state index in [1.54, 1.807) is 11.8 Å². The summed E-state index contributed by atoms with van der Waals surface area (Å²) in [5, 5.41) is 0.763. The zero-order valence-electron chi connectivity index (χ0n) is 10.3. The van der Waals surface area contributed by atoms with Crippen LogP contribution >= 0.6 is 23.5 Å². The van der Waals surface area contributed by atoms with Gasteiger partial charge in [0.05, 0.1) is 0 Å². The summed E-state index contributed by atoms with van der Waals surface area (Å²) in [6, 6.07) is 8.00. The van der Waals surface area contributed by atoms with E-state index in [2.05, 4.69) is 15.0 Å². The van der Waals surface area contributed by atoms with Crippen molar-refractivity contribution in [3.8, 4) is 0 Å². The van der Waals surface area contributed by atoms with Gasteiger partial charge < -0.3 is 5.73 Å². The number of fused-ring (bicyclic) bond motifs is 1. The molecule has 0 bridgehead atoms. The van der Waals surface area contributed by atoms with Crippen LogP contribution in [0.2, 0.25) is 0 Å². The van der Waals surface area contributed by atoms with Gasteiger partial charge in [0.1, 0.15) is 17.1 Å². The van der Waals surface area contributed by atoms with Crippen LogP contribution in [0.1, 0.15) is 5.56 Å². The van der Waals surface area contributed by atoms with Crippen molar-refractivity contribution in [1.82, 2.24) is 0 Å². The molecule has 0 amide bonds. The summed E-state index contributed by atoms with van der Waals surface area (Å²) < 4.78 is 0. The first-order valence-electron chi connectivity index (χ1n) is 5.69. The Morgan fingerprint density at radius 3 is 2.74 bits per heavy atom. The molecule has 98 valence electrons. The molecule has 2 heterocycles. The minimum Gasteiger partial charge on any atom is -0.301 e. The predicted molar refractivity (Wildman–Crippen MR) is 83.0 cm³/mol. The molecule has 7 heteroatoms. The largest absolute Gasteiger partial charge is 0.301 e. The average Bonchev–Trinajstić information content (AvgIpc) is 2.81. The van der Waals surface area contributed by atoms with E-state index >= 15 is 0 Å². The Kier molecular flexibility index (Phi) is 3.22. The Hall–Kier alpha value is -1.15. The summed E-state index contributed by atoms with van der Waals surface area (Å²) in [6.07, 6.45) is 3.52. The molecule has 0 spiro atoms. The lowest BCUT2D eigenvalue weighted by molar-refractivity contribution is 0.643. The van der Waals surface area contributed by atoms with Crippen molar-refractivity contribution in [2.24, 2.45) is 26.4 Å². The minimum absolute atomic E-state index is 0.344. The number of nitrogens with two attached hydrogens (primary N) is 2. The van der Waals surface area contributed by atoms with Crippen LogP contribution in [-0.2, 0) is 5.66 Å². The van der Waals surface area contributed by atoms with Gasteiger partial charge in [-0.3, -0.25) is 10.7 Å². The van der Waals surface area contributed by atoms with Crippen LogP contribution in [0.5, 0.6) is 0 Å². The Morgan fingerprint density at radius 2 is 2.05 bits per heavy atom. The second-order valence-corrected chi connectivity index (χ2v) is 6.14. The van der Waals surface area contributed by atoms with Crippen LogP contribution in [-0.4, -0.2) is 28.8 Å². The van der Waals surface area contributed by atoms with Crippen molar-refractivity contribution in [2.45, 2.75) is 16.1 Å². The Labute approximate surface area is 119 Å². The maximum Gasteiger partial charge on any atom is 0.180 e. The molecule has 1 aromatic carbocycles. The van der Waals surface area contributed by atoms with E-state index in [1.807, 2.05) is 30.5 Å². The van der Waals surface area contributed by atoms with Crippen LogP contribution < -0.4 is 11.5 Å². The molecule has 0 aliphatic carbocycles. The number of hydrogen-bond donors (Lipinski definition) is 2. The molecule has 0 radical (unpaired) electrons. The quantitative estimate of drug-likeness (QED) is 0.806. The molecule has 0 fully saturated rings. The van der Waals surface area contributed by atoms with Gasteiger partial charge in [0.25, 0.3) is 0 Å². The molecule has 0 saturated carbocycles. The average molecular weight is 291 g/mol. The van der Waals surface area contributed by atoms with Crippen molar-refractivity contribution in [3.63, 3.8) is 0 Å². The maximum absolute atomic E-state index is 6.43. The fourth-order valence-corrected chi connectivity index (χ4v) is 3.24. The van der Waals surface area contributed by atoms with Crippen molar-refractivity contribution >= 4 is 40.6 Å². The molecule has 19 heavy (non-hydrogen) atoms. The first kappa shape index (κ1) is 12.9. The lowest BCUT2D eigenvalue weighted by atomic mass is 9.95. The molecular formula is C12H13N5S2. The van der Waals surface area contributed by atoms with Crippen molar-refractivity contribution in [1.29, 1.82) is 0 Å². The van der Waals surface area contributed by atoms with Crippen LogP contribution in [0.15, 0.2) is 44.1 Å². The number of rotatable bonds is 2. The molecule has 3 rings (SSSR count). The van der Waals surface area contributed by atoms with Crippen LogP contribution in [0.3, 0.4) is 0 Å². The first-order chi connectivity index (χ1) is 9.13. The second kappa shape index (κ2) is 4.75. The number of aliphatic imine (C=N–C) groups is 3. The van der Waals surface area contributed by atoms with Crippen molar-refractivity contribution < 1.29 is 0 Å². The topological polar surface area (TPSA) is 89.1 Å². The normalized spacial score (nSPS) is 28.9. The Morgan fingerprint density at radius 1 is 1.32 bits per heavy atom. The Balaban J connectivity index is 2.04. The summed E-state index contributed by atoms with van der Waals surface area (Å²) in [4.78, 5) is 14.1. The summed E-state index contributed by atoms with van der Waals surface area (Å²) in [6.45, 7) is 0. The van der Waals surface area contributed by atoms with E-state index in [0.717, 1.165) is 10.6 Å². The summed E-state index contributed by atoms with van der Waals surface area (Å²) in [5.74, 6) is 0. The van der Waals surface area contributed by atoms with Gasteiger partial charge in [-0.15, -0.1) is 11.8 Å². The molecule has 4 N–H and O–H groups in total. The predicted octanol–water partition coefficient (Wildman–Crippen LogP) is 1.39. The van der Waals surface area contributed by atoms with E-state index in [1.165, 1.54) is 23.0 Å². The highest BCUT2D eigenvalue weighted by atomic mass is 32.2. The highest BCUT2D eigenvalue weighted by Gasteiger charge is 2.41. The van der Waals surface area contributed by atoms with E-state index < -0.39 is 5.66 Å². The SMILES string of the molecule is CSc1ccc(C2(N)N=CN=C3SC(N)N=C32)cc1. The Bertz CT molecular complexity index is 593. The fourth-order valence-electron chi connectivity index (χ4n) is 2.02. The molecular weight excluding hydrogens is 278 g/mol. The van der Waals surface area contributed by atoms with Gasteiger partial charge in [0.2, 0.25) is 0 Å². The number of thioether (sulfide) groups is 2. The van der Waals surface area contributed by atoms with Gasteiger partial charge >= 0.3 is 0 Å². The highest BCUT2D eigenvalue weighted by Crippen LogP contribution is 2.33. The molecule has 1 aromatic rings. The molecule has 2 aliphatic heterocycles. The zero-order valence-corrected chi connectivity index (χ0v) is 11.9. The summed E-state index contributed by atoms with van der Waals surface area (Å²) >= 11 is 3.09. The summed E-state index contributed by atoms with van der Waals surface area (Å²) in [5.41, 5.74) is 12.5. The fraction of sp³-hybridized carbons (Fsp3) is 0.250. The van der Waals surface area contributed by atoms with E-state index in [-0.39, 0.29) is 5.50 Å². The lowest BCUT2D eigenvalue weighted by Crippen LogP contribution is -2.47. The molecule has 0 aromatic heterocycles. The molecule has 2 unspecified atom stereocenters. The molecule has 0 saturated heterocycles. The van der Waals surface area contributed by atoms with E-state index in [9.17, 15) is 0 Å². The lowest BCUT2D eigenvalue weighted by Gasteiger charge is -2.27. The van der Waals surface area contributed by atoms with Crippen molar-refractivity contribution in [2.75, 3.05) is 6.26 Å². The third-order valence-electron chi connectivity index (χ3n) is 3.02. The number of nitrogens with zero attached hydrogens (tertiary/aromatic N) is 3. The van der Waals surface area contributed by atoms with E-state index in [4.69, 9.17) is 11.5 Å². The standard InChI is InChI=1S/C12H13N5S2/c1-18-8-4-2-7(3-5-8)12(14)9-10(15-6-16-12)19-11(13)17-9/h2-6,11H,13-14H2,1H3. The van der Waals surface area contributed by atoms with Crippen LogP contribution in [0.25, 0.3) is 0 Å². The van der Waals surface area contributed by atoms with Gasteiger partial charge in [-0.05, 0) is 18.4 Å². The minimum atomic E-state index is -0.977. The van der Waals surface area contributed by atoms with E-state index in [0.29, 0.717) is 5.71 Å². The monoisotopic (exact) mass is 291 g/mol. The van der Waals surface area contributed by atoms with Gasteiger partial charge in [0.15, 0.2) is 11.2 Å². The van der Waals surface area contributed by atoms with Gasteiger partial charge in [-0.25, -0.2) is 9.98 Å². The van der Waals surface area contributed by atoms with Crippen LogP contribution in [0, 0.1) is 0 Å². The zero-order chi connectivity index (χ0) is 13.5. The van der Waals surface area contributed by atoms with Crippen molar-refractivity contribution in [3.05, 3.63) is 29.8 Å². The third-order valence-corrected chi connectivity index (χ3v) is 4.63. The number of benzene rings is 1. The van der Waals surface area contributed by atoms with Gasteiger partial charge in [-0.2, -0.15) is 0 Å². The first-order valence-corrected chi connectivity index (χ1v) is 7.80. The molecule has 2 aliphatic rings.